The van der Waals surface area contributed by atoms with Crippen LogP contribution >= 0.6 is 0 Å². The van der Waals surface area contributed by atoms with E-state index >= 15 is 0 Å². The molecule has 5 nitrogen and oxygen atoms in total. The highest BCUT2D eigenvalue weighted by Gasteiger charge is 2.33. The highest BCUT2D eigenvalue weighted by molar-refractivity contribution is 5.94. The molecular weight excluding hydrogens is 280 g/mol. The highest BCUT2D eigenvalue weighted by atomic mass is 16.4. The average molecular weight is 304 g/mol. The predicted octanol–water partition coefficient (Wildman–Crippen LogP) is 1.92. The minimum atomic E-state index is -0.913. The second-order valence-electron chi connectivity index (χ2n) is 6.07. The summed E-state index contributed by atoms with van der Waals surface area (Å²) in [6.45, 7) is 5.42. The third-order valence-electron chi connectivity index (χ3n) is 4.64. The van der Waals surface area contributed by atoms with E-state index in [1.165, 1.54) is 0 Å². The van der Waals surface area contributed by atoms with Crippen LogP contribution in [-0.2, 0) is 10.2 Å². The van der Waals surface area contributed by atoms with Gasteiger partial charge in [-0.3, -0.25) is 9.59 Å². The molecule has 0 saturated carbocycles. The van der Waals surface area contributed by atoms with Crippen molar-refractivity contribution < 1.29 is 14.7 Å². The van der Waals surface area contributed by atoms with Crippen LogP contribution in [0.25, 0.3) is 0 Å². The number of nitrogens with one attached hydrogen (secondary N) is 2. The van der Waals surface area contributed by atoms with Crippen molar-refractivity contribution in [3.8, 4) is 0 Å². The zero-order valence-corrected chi connectivity index (χ0v) is 13.2. The van der Waals surface area contributed by atoms with E-state index in [9.17, 15) is 14.7 Å². The summed E-state index contributed by atoms with van der Waals surface area (Å²) in [4.78, 5) is 23.7. The highest BCUT2D eigenvalue weighted by Crippen LogP contribution is 2.28. The van der Waals surface area contributed by atoms with Crippen molar-refractivity contribution in [2.45, 2.75) is 44.6 Å². The van der Waals surface area contributed by atoms with Gasteiger partial charge in [0.1, 0.15) is 0 Å². The third-order valence-corrected chi connectivity index (χ3v) is 4.64. The van der Waals surface area contributed by atoms with Gasteiger partial charge in [0.05, 0.1) is 5.41 Å². The fourth-order valence-electron chi connectivity index (χ4n) is 2.70. The number of aliphatic carboxylic acids is 1. The van der Waals surface area contributed by atoms with Crippen LogP contribution in [0, 0.1) is 0 Å². The Labute approximate surface area is 131 Å². The lowest BCUT2D eigenvalue weighted by molar-refractivity contribution is -0.143. The van der Waals surface area contributed by atoms with Gasteiger partial charge in [-0.25, -0.2) is 0 Å². The van der Waals surface area contributed by atoms with Gasteiger partial charge in [-0.2, -0.15) is 0 Å². The molecule has 120 valence electrons. The molecule has 0 radical (unpaired) electrons. The molecule has 5 heteroatoms. The average Bonchev–Trinajstić information content (AvgIpc) is 2.55. The molecule has 1 heterocycles. The van der Waals surface area contributed by atoms with E-state index in [2.05, 4.69) is 10.6 Å². The van der Waals surface area contributed by atoms with Gasteiger partial charge >= 0.3 is 5.97 Å². The molecule has 1 aliphatic heterocycles. The van der Waals surface area contributed by atoms with Crippen molar-refractivity contribution in [2.75, 3.05) is 13.1 Å². The lowest BCUT2D eigenvalue weighted by Crippen LogP contribution is -2.42. The maximum absolute atomic E-state index is 12.2. The number of carbonyl (C=O) groups excluding carboxylic acids is 1. The Bertz CT molecular complexity index is 535. The number of benzene rings is 1. The van der Waals surface area contributed by atoms with Crippen molar-refractivity contribution in [1.29, 1.82) is 0 Å². The van der Waals surface area contributed by atoms with Crippen LogP contribution in [0.4, 0.5) is 0 Å². The zero-order valence-electron chi connectivity index (χ0n) is 13.2. The first kappa shape index (κ1) is 16.5. The van der Waals surface area contributed by atoms with Crippen LogP contribution in [0.5, 0.6) is 0 Å². The minimum Gasteiger partial charge on any atom is -0.481 e. The largest absolute Gasteiger partial charge is 0.481 e. The third kappa shape index (κ3) is 3.47. The summed E-state index contributed by atoms with van der Waals surface area (Å²) in [6, 6.07) is 7.13. The fourth-order valence-corrected chi connectivity index (χ4v) is 2.70. The molecule has 0 bridgehead atoms. The Kier molecular flexibility index (Phi) is 5.19. The topological polar surface area (TPSA) is 78.4 Å². The summed E-state index contributed by atoms with van der Waals surface area (Å²) >= 11 is 0. The summed E-state index contributed by atoms with van der Waals surface area (Å²) in [6.07, 6.45) is 2.39. The maximum Gasteiger partial charge on any atom is 0.313 e. The van der Waals surface area contributed by atoms with Crippen LogP contribution in [-0.4, -0.2) is 36.1 Å². The SMILES string of the molecule is CCC(C)(C(=O)O)c1ccc(C(=O)NC2CCNCC2)cc1. The molecule has 0 spiro atoms. The standard InChI is InChI=1S/C17H24N2O3/c1-3-17(2,16(21)22)13-6-4-12(5-7-13)15(20)19-14-8-10-18-11-9-14/h4-7,14,18H,3,8-11H2,1-2H3,(H,19,20)(H,21,22). The first-order valence-corrected chi connectivity index (χ1v) is 7.83. The molecule has 1 saturated heterocycles. The van der Waals surface area contributed by atoms with Crippen LogP contribution in [0.3, 0.4) is 0 Å². The Morgan fingerprint density at radius 1 is 1.27 bits per heavy atom. The Morgan fingerprint density at radius 2 is 1.86 bits per heavy atom. The van der Waals surface area contributed by atoms with E-state index in [1.807, 2.05) is 6.92 Å². The van der Waals surface area contributed by atoms with E-state index in [0.29, 0.717) is 12.0 Å². The van der Waals surface area contributed by atoms with Gasteiger partial charge in [0.25, 0.3) is 5.91 Å². The summed E-state index contributed by atoms with van der Waals surface area (Å²) in [7, 11) is 0. The summed E-state index contributed by atoms with van der Waals surface area (Å²) < 4.78 is 0. The van der Waals surface area contributed by atoms with E-state index in [1.54, 1.807) is 31.2 Å². The van der Waals surface area contributed by atoms with Crippen LogP contribution in [0.15, 0.2) is 24.3 Å². The zero-order chi connectivity index (χ0) is 16.2. The van der Waals surface area contributed by atoms with E-state index < -0.39 is 11.4 Å². The number of hydrogen-bond acceptors (Lipinski definition) is 3. The van der Waals surface area contributed by atoms with Gasteiger partial charge in [0, 0.05) is 11.6 Å². The molecule has 1 aromatic rings. The Hall–Kier alpha value is -1.88. The quantitative estimate of drug-likeness (QED) is 0.776. The first-order valence-electron chi connectivity index (χ1n) is 7.83. The number of rotatable bonds is 5. The number of carbonyl (C=O) groups is 2. The van der Waals surface area contributed by atoms with Crippen molar-refractivity contribution in [3.63, 3.8) is 0 Å². The summed E-state index contributed by atoms with van der Waals surface area (Å²) in [5.74, 6) is -0.936. The number of amides is 1. The normalized spacial score (nSPS) is 18.5. The molecular formula is C17H24N2O3. The number of piperidine rings is 1. The van der Waals surface area contributed by atoms with Gasteiger partial charge < -0.3 is 15.7 Å². The number of hydrogen-bond donors (Lipinski definition) is 3. The van der Waals surface area contributed by atoms with Gasteiger partial charge in [-0.05, 0) is 57.0 Å². The molecule has 1 amide bonds. The predicted molar refractivity (Wildman–Crippen MR) is 85.1 cm³/mol. The molecule has 1 fully saturated rings. The molecule has 22 heavy (non-hydrogen) atoms. The lowest BCUT2D eigenvalue weighted by Gasteiger charge is -2.25. The molecule has 1 atom stereocenters. The fraction of sp³-hybridized carbons (Fsp3) is 0.529. The van der Waals surface area contributed by atoms with Gasteiger partial charge in [0.2, 0.25) is 0 Å². The molecule has 0 aromatic heterocycles. The van der Waals surface area contributed by atoms with Crippen LogP contribution in [0.1, 0.15) is 49.0 Å². The minimum absolute atomic E-state index is 0.0908. The number of carboxylic acids is 1. The van der Waals surface area contributed by atoms with Crippen molar-refractivity contribution in [1.82, 2.24) is 10.6 Å². The molecule has 1 aromatic carbocycles. The van der Waals surface area contributed by atoms with E-state index in [-0.39, 0.29) is 11.9 Å². The summed E-state index contributed by atoms with van der Waals surface area (Å²) in [5, 5.41) is 15.7. The molecule has 1 unspecified atom stereocenters. The molecule has 1 aliphatic rings. The van der Waals surface area contributed by atoms with Crippen LogP contribution < -0.4 is 10.6 Å². The van der Waals surface area contributed by atoms with Gasteiger partial charge in [-0.15, -0.1) is 0 Å². The Morgan fingerprint density at radius 3 is 2.36 bits per heavy atom. The lowest BCUT2D eigenvalue weighted by atomic mass is 9.80. The van der Waals surface area contributed by atoms with E-state index in [0.717, 1.165) is 31.5 Å². The first-order chi connectivity index (χ1) is 10.5. The van der Waals surface area contributed by atoms with Crippen molar-refractivity contribution in [2.24, 2.45) is 0 Å². The second-order valence-corrected chi connectivity index (χ2v) is 6.07. The summed E-state index contributed by atoms with van der Waals surface area (Å²) in [5.41, 5.74) is 0.386. The smallest absolute Gasteiger partial charge is 0.313 e. The van der Waals surface area contributed by atoms with Gasteiger partial charge in [0.15, 0.2) is 0 Å². The monoisotopic (exact) mass is 304 g/mol. The maximum atomic E-state index is 12.2. The Balaban J connectivity index is 2.07. The molecule has 3 N–H and O–H groups in total. The number of carboxylic acid groups (broad SMARTS) is 1. The molecule has 2 rings (SSSR count). The van der Waals surface area contributed by atoms with E-state index in [4.69, 9.17) is 0 Å². The van der Waals surface area contributed by atoms with Crippen molar-refractivity contribution >= 4 is 11.9 Å². The van der Waals surface area contributed by atoms with Crippen LogP contribution in [0.2, 0.25) is 0 Å². The van der Waals surface area contributed by atoms with Crippen molar-refractivity contribution in [3.05, 3.63) is 35.4 Å². The van der Waals surface area contributed by atoms with Gasteiger partial charge in [-0.1, -0.05) is 19.1 Å². The molecule has 0 aliphatic carbocycles. The second kappa shape index (κ2) is 6.92.